The molecule has 0 radical (unpaired) electrons. The zero-order valence-corrected chi connectivity index (χ0v) is 65.9. The third-order valence-electron chi connectivity index (χ3n) is 18.8. The van der Waals surface area contributed by atoms with E-state index in [1.807, 2.05) is 0 Å². The molecule has 98 heavy (non-hydrogen) atoms. The highest BCUT2D eigenvalue weighted by Crippen LogP contribution is 2.45. The van der Waals surface area contributed by atoms with Crippen LogP contribution in [0.3, 0.4) is 0 Å². The highest BCUT2D eigenvalue weighted by molar-refractivity contribution is 7.47. The minimum absolute atomic E-state index is 0.103. The number of carbonyl (C=O) groups is 4. The van der Waals surface area contributed by atoms with E-state index in [1.54, 1.807) is 0 Å². The minimum Gasteiger partial charge on any atom is -0.462 e. The van der Waals surface area contributed by atoms with Gasteiger partial charge in [-0.05, 0) is 37.5 Å². The van der Waals surface area contributed by atoms with E-state index in [0.717, 1.165) is 102 Å². The van der Waals surface area contributed by atoms with E-state index in [2.05, 4.69) is 41.5 Å². The van der Waals surface area contributed by atoms with E-state index in [0.29, 0.717) is 25.7 Å². The minimum atomic E-state index is -4.96. The number of hydrogen-bond acceptors (Lipinski definition) is 15. The van der Waals surface area contributed by atoms with Crippen LogP contribution < -0.4 is 0 Å². The van der Waals surface area contributed by atoms with Crippen LogP contribution in [-0.4, -0.2) is 96.7 Å². The Labute approximate surface area is 600 Å². The Balaban J connectivity index is 5.20. The second-order valence-corrected chi connectivity index (χ2v) is 32.1. The van der Waals surface area contributed by atoms with Gasteiger partial charge in [-0.15, -0.1) is 0 Å². The molecule has 6 atom stereocenters. The Bertz CT molecular complexity index is 1890. The van der Waals surface area contributed by atoms with E-state index in [9.17, 15) is 43.2 Å². The molecule has 19 heteroatoms. The Hall–Kier alpha value is -1.94. The third kappa shape index (κ3) is 71.1. The van der Waals surface area contributed by atoms with Crippen molar-refractivity contribution in [2.45, 2.75) is 432 Å². The van der Waals surface area contributed by atoms with Gasteiger partial charge in [0, 0.05) is 25.7 Å². The lowest BCUT2D eigenvalue weighted by Gasteiger charge is -2.21. The Morgan fingerprint density at radius 2 is 0.520 bits per heavy atom. The van der Waals surface area contributed by atoms with Crippen LogP contribution in [-0.2, 0) is 65.4 Å². The van der Waals surface area contributed by atoms with Crippen molar-refractivity contribution in [3.05, 3.63) is 0 Å². The lowest BCUT2D eigenvalue weighted by Crippen LogP contribution is -2.30. The molecule has 0 amide bonds. The van der Waals surface area contributed by atoms with Crippen molar-refractivity contribution in [1.29, 1.82) is 0 Å². The molecule has 0 aliphatic heterocycles. The lowest BCUT2D eigenvalue weighted by atomic mass is 10.00. The number of hydrogen-bond donors (Lipinski definition) is 3. The summed E-state index contributed by atoms with van der Waals surface area (Å²) in [6.45, 7) is 9.58. The summed E-state index contributed by atoms with van der Waals surface area (Å²) in [6, 6.07) is 0. The predicted octanol–water partition coefficient (Wildman–Crippen LogP) is 23.5. The van der Waals surface area contributed by atoms with Crippen molar-refractivity contribution in [3.8, 4) is 0 Å². The quantitative estimate of drug-likeness (QED) is 0.0222. The number of phosphoric ester groups is 2. The molecule has 3 unspecified atom stereocenters. The third-order valence-corrected chi connectivity index (χ3v) is 20.7. The number of ether oxygens (including phenoxy) is 4. The topological polar surface area (TPSA) is 237 Å². The highest BCUT2D eigenvalue weighted by Gasteiger charge is 2.30. The number of aliphatic hydroxyl groups is 1. The van der Waals surface area contributed by atoms with E-state index in [-0.39, 0.29) is 25.7 Å². The largest absolute Gasteiger partial charge is 0.472 e. The van der Waals surface area contributed by atoms with Gasteiger partial charge in [-0.25, -0.2) is 9.13 Å². The molecule has 0 bridgehead atoms. The van der Waals surface area contributed by atoms with Gasteiger partial charge in [0.1, 0.15) is 19.3 Å². The fraction of sp³-hybridized carbons (Fsp3) is 0.949. The highest BCUT2D eigenvalue weighted by atomic mass is 31.2. The summed E-state index contributed by atoms with van der Waals surface area (Å²) in [4.78, 5) is 72.8. The van der Waals surface area contributed by atoms with Crippen LogP contribution in [0, 0.1) is 11.8 Å². The van der Waals surface area contributed by atoms with Crippen molar-refractivity contribution in [3.63, 3.8) is 0 Å². The van der Waals surface area contributed by atoms with Gasteiger partial charge in [-0.2, -0.15) is 0 Å². The number of esters is 4. The van der Waals surface area contributed by atoms with Crippen molar-refractivity contribution >= 4 is 39.5 Å². The second kappa shape index (κ2) is 70.7. The monoisotopic (exact) mass is 1440 g/mol. The maximum atomic E-state index is 13.1. The average molecular weight is 1440 g/mol. The predicted molar refractivity (Wildman–Crippen MR) is 400 cm³/mol. The van der Waals surface area contributed by atoms with Crippen molar-refractivity contribution in [2.24, 2.45) is 11.8 Å². The Morgan fingerprint density at radius 3 is 0.776 bits per heavy atom. The molecule has 0 aliphatic rings. The zero-order chi connectivity index (χ0) is 72.1. The van der Waals surface area contributed by atoms with Crippen LogP contribution in [0.2, 0.25) is 0 Å². The van der Waals surface area contributed by atoms with Gasteiger partial charge in [0.25, 0.3) is 0 Å². The normalized spacial score (nSPS) is 14.2. The molecule has 582 valence electrons. The molecule has 0 fully saturated rings. The summed E-state index contributed by atoms with van der Waals surface area (Å²) in [5, 5.41) is 10.6. The first kappa shape index (κ1) is 96.1. The smallest absolute Gasteiger partial charge is 0.462 e. The summed E-state index contributed by atoms with van der Waals surface area (Å²) in [5.74, 6) is -0.596. The van der Waals surface area contributed by atoms with E-state index < -0.39 is 97.5 Å². The molecule has 3 N–H and O–H groups in total. The van der Waals surface area contributed by atoms with Gasteiger partial charge in [-0.3, -0.25) is 37.3 Å². The maximum Gasteiger partial charge on any atom is 0.472 e. The molecule has 0 aromatic rings. The number of unbranched alkanes of at least 4 members (excludes halogenated alkanes) is 47. The molecule has 0 saturated heterocycles. The van der Waals surface area contributed by atoms with Gasteiger partial charge in [-0.1, -0.05) is 363 Å². The van der Waals surface area contributed by atoms with Crippen LogP contribution in [0.1, 0.15) is 414 Å². The Morgan fingerprint density at radius 1 is 0.296 bits per heavy atom. The molecular weight excluding hydrogens is 1280 g/mol. The van der Waals surface area contributed by atoms with Crippen molar-refractivity contribution < 1.29 is 80.2 Å². The first-order chi connectivity index (χ1) is 47.4. The SMILES string of the molecule is CCCCCCCCCCCCCCCCCCCCCCCC(=O)O[C@H](COC(=O)CCCCCCCCCCCCCCCCC(C)C)COP(=O)(O)OC[C@@H](O)COP(=O)(O)OC[C@@H](COC(=O)CCCCCCCCCCCC)OC(=O)CCCCCCCCC(C)CC. The summed E-state index contributed by atoms with van der Waals surface area (Å²) in [6.07, 6.45) is 59.8. The second-order valence-electron chi connectivity index (χ2n) is 29.2. The molecule has 0 rings (SSSR count). The van der Waals surface area contributed by atoms with Gasteiger partial charge < -0.3 is 33.8 Å². The van der Waals surface area contributed by atoms with Crippen LogP contribution in [0.15, 0.2) is 0 Å². The first-order valence-electron chi connectivity index (χ1n) is 41.0. The molecule has 0 heterocycles. The standard InChI is InChI=1S/C79H154O17P2/c1-7-10-12-14-16-18-20-21-22-23-24-25-26-27-28-33-36-40-44-51-57-63-78(83)95-74(67-89-77(82)62-56-50-43-39-35-32-30-29-31-34-37-41-47-53-59-71(4)5)69-93-97(85,86)91-65-73(80)66-92-98(87,88)94-70-75(96-79(84)64-58-52-46-45-48-54-60-72(6)9-3)68-90-76(81)61-55-49-42-38-19-17-15-13-11-8-2/h71-75,80H,7-70H2,1-6H3,(H,85,86)(H,87,88)/t72?,73-,74-,75-/m1/s1. The number of aliphatic hydroxyl groups excluding tert-OH is 1. The van der Waals surface area contributed by atoms with E-state index in [4.69, 9.17) is 37.0 Å². The summed E-state index contributed by atoms with van der Waals surface area (Å²) < 4.78 is 68.6. The molecule has 0 aliphatic carbocycles. The number of phosphoric acid groups is 2. The van der Waals surface area contributed by atoms with Gasteiger partial charge in [0.15, 0.2) is 12.2 Å². The van der Waals surface area contributed by atoms with Gasteiger partial charge >= 0.3 is 39.5 Å². The molecule has 0 saturated carbocycles. The summed E-state index contributed by atoms with van der Waals surface area (Å²) >= 11 is 0. The summed E-state index contributed by atoms with van der Waals surface area (Å²) in [5.41, 5.74) is 0. The number of carbonyl (C=O) groups excluding carboxylic acids is 4. The average Bonchev–Trinajstić information content (AvgIpc) is 1.09. The summed E-state index contributed by atoms with van der Waals surface area (Å²) in [7, 11) is -9.91. The van der Waals surface area contributed by atoms with Crippen LogP contribution in [0.25, 0.3) is 0 Å². The van der Waals surface area contributed by atoms with Crippen molar-refractivity contribution in [1.82, 2.24) is 0 Å². The fourth-order valence-electron chi connectivity index (χ4n) is 12.2. The van der Waals surface area contributed by atoms with Gasteiger partial charge in [0.05, 0.1) is 26.4 Å². The van der Waals surface area contributed by atoms with Crippen LogP contribution in [0.5, 0.6) is 0 Å². The molecule has 0 spiro atoms. The Kier molecular flexibility index (Phi) is 69.3. The van der Waals surface area contributed by atoms with Gasteiger partial charge in [0.2, 0.25) is 0 Å². The van der Waals surface area contributed by atoms with E-state index >= 15 is 0 Å². The van der Waals surface area contributed by atoms with E-state index in [1.165, 1.54) is 231 Å². The van der Waals surface area contributed by atoms with Crippen LogP contribution >= 0.6 is 15.6 Å². The molecular formula is C79H154O17P2. The lowest BCUT2D eigenvalue weighted by molar-refractivity contribution is -0.161. The first-order valence-corrected chi connectivity index (χ1v) is 44.0. The van der Waals surface area contributed by atoms with Crippen molar-refractivity contribution in [2.75, 3.05) is 39.6 Å². The zero-order valence-electron chi connectivity index (χ0n) is 64.1. The fourth-order valence-corrected chi connectivity index (χ4v) is 13.7. The molecule has 17 nitrogen and oxygen atoms in total. The number of rotatable bonds is 78. The molecule has 0 aromatic carbocycles. The van der Waals surface area contributed by atoms with Crippen LogP contribution in [0.4, 0.5) is 0 Å². The molecule has 0 aromatic heterocycles. The maximum absolute atomic E-state index is 13.1.